The lowest BCUT2D eigenvalue weighted by Gasteiger charge is -2.04. The summed E-state index contributed by atoms with van der Waals surface area (Å²) in [6, 6.07) is 2.66. The lowest BCUT2D eigenvalue weighted by atomic mass is 10.1. The number of aromatic amines is 1. The number of H-pyrrole nitrogens is 1. The Morgan fingerprint density at radius 1 is 1.29 bits per heavy atom. The van der Waals surface area contributed by atoms with Gasteiger partial charge in [-0.25, -0.2) is 8.78 Å². The molecule has 1 aromatic carbocycles. The highest BCUT2D eigenvalue weighted by Crippen LogP contribution is 2.26. The molecule has 2 aromatic rings. The van der Waals surface area contributed by atoms with E-state index in [9.17, 15) is 8.78 Å². The molecule has 0 aliphatic heterocycles. The minimum Gasteiger partial charge on any atom is -0.285 e. The molecule has 1 heterocycles. The van der Waals surface area contributed by atoms with Gasteiger partial charge in [0.15, 0.2) is 0 Å². The number of hydrogen-bond donors (Lipinski definition) is 1. The van der Waals surface area contributed by atoms with Crippen molar-refractivity contribution in [2.45, 2.75) is 6.92 Å². The quantitative estimate of drug-likeness (QED) is 0.742. The largest absolute Gasteiger partial charge is 0.285 e. The predicted molar refractivity (Wildman–Crippen MR) is 48.7 cm³/mol. The van der Waals surface area contributed by atoms with Crippen LogP contribution in [-0.4, -0.2) is 10.2 Å². The first-order valence-corrected chi connectivity index (χ1v) is 4.14. The van der Waals surface area contributed by atoms with Crippen molar-refractivity contribution in [2.24, 2.45) is 0 Å². The summed E-state index contributed by atoms with van der Waals surface area (Å²) in [4.78, 5) is 0. The zero-order valence-corrected chi connectivity index (χ0v) is 7.51. The molecular weight excluding hydrogens is 186 g/mol. The average Bonchev–Trinajstić information content (AvgIpc) is 2.65. The molecule has 1 aromatic heterocycles. The summed E-state index contributed by atoms with van der Waals surface area (Å²) >= 11 is 0. The normalized spacial score (nSPS) is 10.5. The van der Waals surface area contributed by atoms with E-state index in [1.165, 1.54) is 24.5 Å². The number of rotatable bonds is 1. The fourth-order valence-electron chi connectivity index (χ4n) is 1.31. The van der Waals surface area contributed by atoms with Gasteiger partial charge < -0.3 is 0 Å². The summed E-state index contributed by atoms with van der Waals surface area (Å²) in [6.45, 7) is 1.60. The molecule has 0 fully saturated rings. The van der Waals surface area contributed by atoms with Gasteiger partial charge in [0.2, 0.25) is 0 Å². The first kappa shape index (κ1) is 8.87. The van der Waals surface area contributed by atoms with Gasteiger partial charge >= 0.3 is 0 Å². The lowest BCUT2D eigenvalue weighted by Crippen LogP contribution is -1.91. The van der Waals surface area contributed by atoms with Crippen molar-refractivity contribution in [1.82, 2.24) is 10.2 Å². The molecule has 0 spiro atoms. The topological polar surface area (TPSA) is 28.7 Å². The van der Waals surface area contributed by atoms with Gasteiger partial charge in [0.05, 0.1) is 11.8 Å². The number of aromatic nitrogens is 2. The number of hydrogen-bond acceptors (Lipinski definition) is 1. The highest BCUT2D eigenvalue weighted by atomic mass is 19.1. The molecule has 72 valence electrons. The molecule has 0 aliphatic rings. The van der Waals surface area contributed by atoms with E-state index in [1.54, 1.807) is 6.92 Å². The molecule has 0 saturated heterocycles. The van der Waals surface area contributed by atoms with Crippen LogP contribution >= 0.6 is 0 Å². The molecule has 0 saturated carbocycles. The number of halogens is 2. The number of aryl methyl sites for hydroxylation is 1. The van der Waals surface area contributed by atoms with Gasteiger partial charge in [-0.3, -0.25) is 5.10 Å². The molecule has 0 amide bonds. The van der Waals surface area contributed by atoms with Crippen LogP contribution in [0.3, 0.4) is 0 Å². The van der Waals surface area contributed by atoms with Crippen molar-refractivity contribution in [3.8, 4) is 11.1 Å². The van der Waals surface area contributed by atoms with Crippen LogP contribution in [0.1, 0.15) is 5.56 Å². The first-order chi connectivity index (χ1) is 6.70. The Hall–Kier alpha value is -1.71. The standard InChI is InChI=1S/C10H8F2N2/c1-6-2-3-8(11)9(10(6)12)7-4-13-14-5-7/h2-5H,1H3,(H,13,14). The Bertz CT molecular complexity index is 449. The van der Waals surface area contributed by atoms with E-state index >= 15 is 0 Å². The van der Waals surface area contributed by atoms with E-state index < -0.39 is 11.6 Å². The minimum absolute atomic E-state index is 0.0289. The Labute approximate surface area is 79.6 Å². The van der Waals surface area contributed by atoms with Crippen LogP contribution in [0.15, 0.2) is 24.5 Å². The zero-order chi connectivity index (χ0) is 10.1. The molecule has 0 atom stereocenters. The molecule has 0 aliphatic carbocycles. The van der Waals surface area contributed by atoms with Crippen LogP contribution in [0.4, 0.5) is 8.78 Å². The predicted octanol–water partition coefficient (Wildman–Crippen LogP) is 2.66. The smallest absolute Gasteiger partial charge is 0.136 e. The van der Waals surface area contributed by atoms with Gasteiger partial charge in [-0.2, -0.15) is 5.10 Å². The van der Waals surface area contributed by atoms with Crippen molar-refractivity contribution in [3.63, 3.8) is 0 Å². The van der Waals surface area contributed by atoms with Crippen LogP contribution < -0.4 is 0 Å². The lowest BCUT2D eigenvalue weighted by molar-refractivity contribution is 0.584. The van der Waals surface area contributed by atoms with Gasteiger partial charge in [0.1, 0.15) is 11.6 Å². The van der Waals surface area contributed by atoms with Crippen LogP contribution in [0.2, 0.25) is 0 Å². The molecular formula is C10H8F2N2. The molecule has 2 nitrogen and oxygen atoms in total. The fourth-order valence-corrected chi connectivity index (χ4v) is 1.31. The SMILES string of the molecule is Cc1ccc(F)c(-c2cn[nH]c2)c1F. The van der Waals surface area contributed by atoms with Gasteiger partial charge in [-0.05, 0) is 18.6 Å². The molecule has 0 unspecified atom stereocenters. The van der Waals surface area contributed by atoms with Crippen molar-refractivity contribution in [1.29, 1.82) is 0 Å². The molecule has 4 heteroatoms. The summed E-state index contributed by atoms with van der Waals surface area (Å²) in [5, 5.41) is 6.17. The van der Waals surface area contributed by atoms with E-state index in [4.69, 9.17) is 0 Å². The van der Waals surface area contributed by atoms with Crippen molar-refractivity contribution in [2.75, 3.05) is 0 Å². The third-order valence-electron chi connectivity index (χ3n) is 2.07. The summed E-state index contributed by atoms with van der Waals surface area (Å²) in [7, 11) is 0. The van der Waals surface area contributed by atoms with Crippen LogP contribution in [0.25, 0.3) is 11.1 Å². The highest BCUT2D eigenvalue weighted by molar-refractivity contribution is 5.64. The number of benzene rings is 1. The Balaban J connectivity index is 2.69. The van der Waals surface area contributed by atoms with E-state index in [-0.39, 0.29) is 5.56 Å². The molecule has 0 bridgehead atoms. The maximum Gasteiger partial charge on any atom is 0.136 e. The summed E-state index contributed by atoms with van der Waals surface area (Å²) in [5.41, 5.74) is 0.810. The van der Waals surface area contributed by atoms with Crippen molar-refractivity contribution < 1.29 is 8.78 Å². The maximum atomic E-state index is 13.5. The van der Waals surface area contributed by atoms with E-state index in [0.717, 1.165) is 0 Å². The van der Waals surface area contributed by atoms with Crippen LogP contribution in [0.5, 0.6) is 0 Å². The number of nitrogens with zero attached hydrogens (tertiary/aromatic N) is 1. The second-order valence-corrected chi connectivity index (χ2v) is 3.04. The summed E-state index contributed by atoms with van der Waals surface area (Å²) in [6.07, 6.45) is 2.85. The first-order valence-electron chi connectivity index (χ1n) is 4.14. The Kier molecular flexibility index (Phi) is 2.04. The molecule has 2 rings (SSSR count). The van der Waals surface area contributed by atoms with Gasteiger partial charge in [-0.15, -0.1) is 0 Å². The van der Waals surface area contributed by atoms with Crippen LogP contribution in [0, 0.1) is 18.6 Å². The second kappa shape index (κ2) is 3.21. The summed E-state index contributed by atoms with van der Waals surface area (Å²) in [5.74, 6) is -1.11. The number of nitrogens with one attached hydrogen (secondary N) is 1. The Morgan fingerprint density at radius 2 is 2.07 bits per heavy atom. The van der Waals surface area contributed by atoms with Crippen LogP contribution in [-0.2, 0) is 0 Å². The third-order valence-corrected chi connectivity index (χ3v) is 2.07. The van der Waals surface area contributed by atoms with Gasteiger partial charge in [0.25, 0.3) is 0 Å². The van der Waals surface area contributed by atoms with Crippen molar-refractivity contribution >= 4 is 0 Å². The third kappa shape index (κ3) is 1.28. The molecule has 0 radical (unpaired) electrons. The van der Waals surface area contributed by atoms with E-state index in [2.05, 4.69) is 10.2 Å². The highest BCUT2D eigenvalue weighted by Gasteiger charge is 2.13. The minimum atomic E-state index is -0.575. The Morgan fingerprint density at radius 3 is 2.71 bits per heavy atom. The van der Waals surface area contributed by atoms with Gasteiger partial charge in [-0.1, -0.05) is 6.07 Å². The maximum absolute atomic E-state index is 13.5. The second-order valence-electron chi connectivity index (χ2n) is 3.04. The summed E-state index contributed by atoms with van der Waals surface area (Å²) < 4.78 is 26.9. The monoisotopic (exact) mass is 194 g/mol. The van der Waals surface area contributed by atoms with Gasteiger partial charge in [0, 0.05) is 11.8 Å². The average molecular weight is 194 g/mol. The molecule has 1 N–H and O–H groups in total. The zero-order valence-electron chi connectivity index (χ0n) is 7.51. The van der Waals surface area contributed by atoms with E-state index in [1.807, 2.05) is 0 Å². The van der Waals surface area contributed by atoms with Crippen molar-refractivity contribution in [3.05, 3.63) is 41.7 Å². The molecule has 14 heavy (non-hydrogen) atoms. The van der Waals surface area contributed by atoms with E-state index in [0.29, 0.717) is 11.1 Å². The fraction of sp³-hybridized carbons (Fsp3) is 0.100.